The molecule has 0 bridgehead atoms. The highest BCUT2D eigenvalue weighted by Gasteiger charge is 2.22. The summed E-state index contributed by atoms with van der Waals surface area (Å²) in [6.07, 6.45) is 1.66. The van der Waals surface area contributed by atoms with E-state index >= 15 is 0 Å². The lowest BCUT2D eigenvalue weighted by molar-refractivity contribution is -0.134. The van der Waals surface area contributed by atoms with Gasteiger partial charge in [-0.05, 0) is 0 Å². The van der Waals surface area contributed by atoms with Crippen molar-refractivity contribution in [3.05, 3.63) is 12.0 Å². The number of anilines is 1. The van der Waals surface area contributed by atoms with Crippen LogP contribution in [0.1, 0.15) is 5.82 Å². The van der Waals surface area contributed by atoms with E-state index in [4.69, 9.17) is 5.73 Å². The normalized spacial score (nSPS) is 17.1. The highest BCUT2D eigenvalue weighted by Crippen LogP contribution is 2.17. The van der Waals surface area contributed by atoms with Crippen LogP contribution in [0.2, 0.25) is 0 Å². The zero-order valence-corrected chi connectivity index (χ0v) is 11.6. The number of aryl methyl sites for hydroxylation is 1. The van der Waals surface area contributed by atoms with Crippen LogP contribution < -0.4 is 5.73 Å². The molecule has 0 aliphatic carbocycles. The second kappa shape index (κ2) is 4.71. The zero-order valence-electron chi connectivity index (χ0n) is 11.6. The predicted molar refractivity (Wildman–Crippen MR) is 73.6 cm³/mol. The Bertz CT molecular complexity index is 665. The monoisotopic (exact) mass is 275 g/mol. The van der Waals surface area contributed by atoms with Crippen molar-refractivity contribution >= 4 is 22.8 Å². The van der Waals surface area contributed by atoms with Gasteiger partial charge in [0.25, 0.3) is 0 Å². The van der Waals surface area contributed by atoms with E-state index in [1.807, 2.05) is 19.0 Å². The molecule has 1 aliphatic rings. The van der Waals surface area contributed by atoms with Gasteiger partial charge in [0.15, 0.2) is 5.65 Å². The summed E-state index contributed by atoms with van der Waals surface area (Å²) in [5.74, 6) is 1.17. The molecule has 20 heavy (non-hydrogen) atoms. The number of hydrogen-bond donors (Lipinski definition) is 1. The van der Waals surface area contributed by atoms with E-state index in [9.17, 15) is 4.79 Å². The Kier molecular flexibility index (Phi) is 3.01. The lowest BCUT2D eigenvalue weighted by Gasteiger charge is -2.31. The fourth-order valence-corrected chi connectivity index (χ4v) is 2.30. The van der Waals surface area contributed by atoms with Crippen molar-refractivity contribution in [2.45, 2.75) is 6.54 Å². The predicted octanol–water partition coefficient (Wildman–Crippen LogP) is -0.780. The van der Waals surface area contributed by atoms with Gasteiger partial charge in [0.1, 0.15) is 11.6 Å². The molecule has 0 spiro atoms. The summed E-state index contributed by atoms with van der Waals surface area (Å²) in [5, 5.41) is 4.88. The van der Waals surface area contributed by atoms with Crippen molar-refractivity contribution in [3.63, 3.8) is 0 Å². The van der Waals surface area contributed by atoms with Crippen LogP contribution in [-0.2, 0) is 18.4 Å². The fourth-order valence-electron chi connectivity index (χ4n) is 2.30. The molecule has 1 saturated heterocycles. The van der Waals surface area contributed by atoms with E-state index in [-0.39, 0.29) is 5.91 Å². The summed E-state index contributed by atoms with van der Waals surface area (Å²) in [6, 6.07) is 0. The SMILES string of the molecule is CN1CCN(Cc2nc(N)c3cnn(C)c3n2)CC1=O. The minimum atomic E-state index is 0.117. The van der Waals surface area contributed by atoms with Gasteiger partial charge in [0.2, 0.25) is 5.91 Å². The molecule has 1 fully saturated rings. The molecular formula is C12H17N7O. The quantitative estimate of drug-likeness (QED) is 0.773. The molecule has 0 unspecified atom stereocenters. The van der Waals surface area contributed by atoms with Crippen LogP contribution in [-0.4, -0.2) is 62.1 Å². The number of nitrogens with two attached hydrogens (primary N) is 1. The Morgan fingerprint density at radius 3 is 2.85 bits per heavy atom. The molecule has 0 aromatic carbocycles. The maximum atomic E-state index is 11.7. The Labute approximate surface area is 116 Å². The second-order valence-electron chi connectivity index (χ2n) is 5.06. The lowest BCUT2D eigenvalue weighted by atomic mass is 10.3. The number of piperazine rings is 1. The molecule has 8 nitrogen and oxygen atoms in total. The first-order chi connectivity index (χ1) is 9.54. The van der Waals surface area contributed by atoms with Gasteiger partial charge in [-0.3, -0.25) is 14.4 Å². The molecule has 2 aromatic rings. The summed E-state index contributed by atoms with van der Waals surface area (Å²) in [6.45, 7) is 2.45. The van der Waals surface area contributed by atoms with E-state index in [1.54, 1.807) is 15.8 Å². The Morgan fingerprint density at radius 1 is 1.30 bits per heavy atom. The van der Waals surface area contributed by atoms with Crippen LogP contribution in [0.3, 0.4) is 0 Å². The molecule has 0 radical (unpaired) electrons. The number of rotatable bonds is 2. The van der Waals surface area contributed by atoms with Gasteiger partial charge in [0.05, 0.1) is 24.7 Å². The highest BCUT2D eigenvalue weighted by atomic mass is 16.2. The van der Waals surface area contributed by atoms with Gasteiger partial charge >= 0.3 is 0 Å². The fraction of sp³-hybridized carbons (Fsp3) is 0.500. The molecule has 3 rings (SSSR count). The summed E-state index contributed by atoms with van der Waals surface area (Å²) in [7, 11) is 3.63. The molecule has 0 atom stereocenters. The third-order valence-electron chi connectivity index (χ3n) is 3.57. The standard InChI is InChI=1S/C12H17N7O/c1-17-3-4-19(7-10(17)20)6-9-15-11(13)8-5-14-18(2)12(8)16-9/h5H,3-4,6-7H2,1-2H3,(H2,13,15,16). The average molecular weight is 275 g/mol. The topological polar surface area (TPSA) is 93.2 Å². The number of carbonyl (C=O) groups excluding carboxylic acids is 1. The van der Waals surface area contributed by atoms with E-state index in [0.29, 0.717) is 30.4 Å². The van der Waals surface area contributed by atoms with Crippen LogP contribution in [0.4, 0.5) is 5.82 Å². The largest absolute Gasteiger partial charge is 0.383 e. The molecule has 0 saturated carbocycles. The molecule has 8 heteroatoms. The minimum absolute atomic E-state index is 0.117. The zero-order chi connectivity index (χ0) is 14.3. The van der Waals surface area contributed by atoms with E-state index in [2.05, 4.69) is 15.1 Å². The van der Waals surface area contributed by atoms with E-state index in [1.165, 1.54) is 0 Å². The third kappa shape index (κ3) is 2.18. The molecule has 106 valence electrons. The number of hydrogen-bond acceptors (Lipinski definition) is 6. The van der Waals surface area contributed by atoms with Crippen molar-refractivity contribution in [2.24, 2.45) is 7.05 Å². The maximum Gasteiger partial charge on any atom is 0.236 e. The third-order valence-corrected chi connectivity index (χ3v) is 3.57. The van der Waals surface area contributed by atoms with Crippen molar-refractivity contribution in [1.82, 2.24) is 29.5 Å². The Balaban J connectivity index is 1.84. The number of nitrogens with zero attached hydrogens (tertiary/aromatic N) is 6. The Morgan fingerprint density at radius 2 is 2.10 bits per heavy atom. The minimum Gasteiger partial charge on any atom is -0.383 e. The Hall–Kier alpha value is -2.22. The van der Waals surface area contributed by atoms with Crippen LogP contribution in [0.5, 0.6) is 0 Å². The van der Waals surface area contributed by atoms with Crippen molar-refractivity contribution in [1.29, 1.82) is 0 Å². The molecule has 2 aromatic heterocycles. The number of amides is 1. The molecule has 1 amide bonds. The van der Waals surface area contributed by atoms with E-state index < -0.39 is 0 Å². The number of aromatic nitrogens is 4. The molecule has 3 heterocycles. The van der Waals surface area contributed by atoms with E-state index in [0.717, 1.165) is 18.5 Å². The molecule has 1 aliphatic heterocycles. The van der Waals surface area contributed by atoms with Gasteiger partial charge in [-0.2, -0.15) is 5.10 Å². The van der Waals surface area contributed by atoms with Crippen molar-refractivity contribution in [2.75, 3.05) is 32.4 Å². The molecule has 2 N–H and O–H groups in total. The summed E-state index contributed by atoms with van der Waals surface area (Å²) in [5.41, 5.74) is 6.64. The van der Waals surface area contributed by atoms with Gasteiger partial charge in [-0.15, -0.1) is 0 Å². The maximum absolute atomic E-state index is 11.7. The second-order valence-corrected chi connectivity index (χ2v) is 5.06. The highest BCUT2D eigenvalue weighted by molar-refractivity contribution is 5.85. The number of nitrogen functional groups attached to an aromatic ring is 1. The number of likely N-dealkylation sites (N-methyl/N-ethyl adjacent to an activating group) is 1. The first-order valence-corrected chi connectivity index (χ1v) is 6.45. The van der Waals surface area contributed by atoms with Gasteiger partial charge in [-0.25, -0.2) is 9.97 Å². The van der Waals surface area contributed by atoms with Crippen LogP contribution in [0, 0.1) is 0 Å². The van der Waals surface area contributed by atoms with Crippen molar-refractivity contribution in [3.8, 4) is 0 Å². The van der Waals surface area contributed by atoms with Crippen molar-refractivity contribution < 1.29 is 4.79 Å². The van der Waals surface area contributed by atoms with Crippen LogP contribution in [0.25, 0.3) is 11.0 Å². The smallest absolute Gasteiger partial charge is 0.236 e. The summed E-state index contributed by atoms with van der Waals surface area (Å²) in [4.78, 5) is 24.2. The number of fused-ring (bicyclic) bond motifs is 1. The van der Waals surface area contributed by atoms with Gasteiger partial charge < -0.3 is 10.6 Å². The first-order valence-electron chi connectivity index (χ1n) is 6.45. The van der Waals surface area contributed by atoms with Gasteiger partial charge in [-0.1, -0.05) is 0 Å². The first kappa shape index (κ1) is 12.8. The average Bonchev–Trinajstić information content (AvgIpc) is 2.77. The summed E-state index contributed by atoms with van der Waals surface area (Å²) < 4.78 is 1.67. The van der Waals surface area contributed by atoms with Crippen LogP contribution in [0.15, 0.2) is 6.20 Å². The number of carbonyl (C=O) groups is 1. The summed E-state index contributed by atoms with van der Waals surface area (Å²) >= 11 is 0. The molecular weight excluding hydrogens is 258 g/mol. The van der Waals surface area contributed by atoms with Crippen LogP contribution >= 0.6 is 0 Å². The van der Waals surface area contributed by atoms with Gasteiger partial charge in [0, 0.05) is 27.2 Å². The lowest BCUT2D eigenvalue weighted by Crippen LogP contribution is -2.48.